The highest BCUT2D eigenvalue weighted by Crippen LogP contribution is 2.68. The fraction of sp³-hybridized carbons (Fsp3) is 0.964. The monoisotopic (exact) mass is 460 g/mol. The van der Waals surface area contributed by atoms with Crippen molar-refractivity contribution >= 4 is 5.78 Å². The minimum Gasteiger partial charge on any atom is -0.390 e. The summed E-state index contributed by atoms with van der Waals surface area (Å²) >= 11 is 0. The van der Waals surface area contributed by atoms with E-state index in [-0.39, 0.29) is 16.7 Å². The summed E-state index contributed by atoms with van der Waals surface area (Å²) in [5.74, 6) is 3.50. The molecule has 1 N–H and O–H groups in total. The Morgan fingerprint density at radius 3 is 2.45 bits per heavy atom. The number of Topliss-reactive ketones (excluding diaryl/α,β-unsaturated/α-hetero) is 1. The number of ketones is 1. The van der Waals surface area contributed by atoms with Crippen LogP contribution in [-0.2, 0) is 9.53 Å². The van der Waals surface area contributed by atoms with E-state index in [1.165, 1.54) is 32.1 Å². The highest BCUT2D eigenvalue weighted by molar-refractivity contribution is 5.84. The van der Waals surface area contributed by atoms with Crippen molar-refractivity contribution in [1.29, 1.82) is 0 Å². The van der Waals surface area contributed by atoms with Gasteiger partial charge in [-0.3, -0.25) is 9.69 Å². The Bertz CT molecular complexity index is 733. The van der Waals surface area contributed by atoms with Gasteiger partial charge in [-0.2, -0.15) is 0 Å². The lowest BCUT2D eigenvalue weighted by molar-refractivity contribution is -0.175. The second-order valence-corrected chi connectivity index (χ2v) is 13.2. The summed E-state index contributed by atoms with van der Waals surface area (Å²) in [5, 5.41) is 10.8. The van der Waals surface area contributed by atoms with E-state index in [9.17, 15) is 9.90 Å². The molecule has 0 spiro atoms. The maximum Gasteiger partial charge on any atom is 0.150 e. The molecule has 5 rings (SSSR count). The van der Waals surface area contributed by atoms with E-state index in [4.69, 9.17) is 4.74 Å². The molecule has 0 unspecified atom stereocenters. The van der Waals surface area contributed by atoms with Gasteiger partial charge in [0, 0.05) is 39.2 Å². The second kappa shape index (κ2) is 8.87. The largest absolute Gasteiger partial charge is 0.390 e. The van der Waals surface area contributed by atoms with Gasteiger partial charge in [0.1, 0.15) is 5.78 Å². The van der Waals surface area contributed by atoms with Gasteiger partial charge < -0.3 is 14.7 Å². The highest BCUT2D eigenvalue weighted by atomic mass is 16.5. The number of hydrogen-bond donors (Lipinski definition) is 1. The maximum absolute atomic E-state index is 13.6. The molecule has 5 fully saturated rings. The number of hydrogen-bond acceptors (Lipinski definition) is 5. The number of methoxy groups -OCH3 is 1. The molecular weight excluding hydrogens is 412 g/mol. The summed E-state index contributed by atoms with van der Waals surface area (Å²) < 4.78 is 5.90. The van der Waals surface area contributed by atoms with Crippen molar-refractivity contribution < 1.29 is 14.6 Å². The van der Waals surface area contributed by atoms with Gasteiger partial charge in [0.2, 0.25) is 0 Å². The molecule has 5 heteroatoms. The Kier molecular flexibility index (Phi) is 6.51. The molecule has 1 saturated heterocycles. The molecule has 0 aromatic rings. The fourth-order valence-electron chi connectivity index (χ4n) is 9.65. The Morgan fingerprint density at radius 2 is 1.73 bits per heavy atom. The van der Waals surface area contributed by atoms with Gasteiger partial charge in [0.25, 0.3) is 0 Å². The van der Waals surface area contributed by atoms with Crippen LogP contribution in [0.4, 0.5) is 0 Å². The van der Waals surface area contributed by atoms with Gasteiger partial charge in [-0.1, -0.05) is 6.92 Å². The second-order valence-electron chi connectivity index (χ2n) is 13.2. The van der Waals surface area contributed by atoms with Crippen molar-refractivity contribution in [1.82, 2.24) is 9.80 Å². The van der Waals surface area contributed by atoms with E-state index in [1.807, 2.05) is 14.0 Å². The van der Waals surface area contributed by atoms with Crippen LogP contribution in [0.2, 0.25) is 0 Å². The van der Waals surface area contributed by atoms with E-state index >= 15 is 0 Å². The summed E-state index contributed by atoms with van der Waals surface area (Å²) in [6.45, 7) is 10.3. The van der Waals surface area contributed by atoms with E-state index in [2.05, 4.69) is 23.8 Å². The quantitative estimate of drug-likeness (QED) is 0.676. The zero-order valence-electron chi connectivity index (χ0n) is 21.7. The Balaban J connectivity index is 1.32. The number of likely N-dealkylation sites (N-methyl/N-ethyl adjacent to an activating group) is 1. The zero-order chi connectivity index (χ0) is 23.4. The first-order valence-corrected chi connectivity index (χ1v) is 13.8. The summed E-state index contributed by atoms with van der Waals surface area (Å²) in [6.07, 6.45) is 10.3. The first-order valence-electron chi connectivity index (χ1n) is 13.8. The molecule has 33 heavy (non-hydrogen) atoms. The number of fused-ring (bicyclic) bond motifs is 5. The first-order chi connectivity index (χ1) is 15.7. The van der Waals surface area contributed by atoms with E-state index < -0.39 is 5.60 Å². The molecule has 0 radical (unpaired) electrons. The fourth-order valence-corrected chi connectivity index (χ4v) is 9.65. The predicted molar refractivity (Wildman–Crippen MR) is 131 cm³/mol. The van der Waals surface area contributed by atoms with Crippen LogP contribution in [0.1, 0.15) is 71.6 Å². The minimum absolute atomic E-state index is 0.187. The lowest BCUT2D eigenvalue weighted by atomic mass is 9.43. The molecular formula is C28H48N2O3. The van der Waals surface area contributed by atoms with Crippen LogP contribution in [0.5, 0.6) is 0 Å². The minimum atomic E-state index is -0.508. The van der Waals surface area contributed by atoms with Crippen LogP contribution in [-0.4, -0.2) is 79.8 Å². The summed E-state index contributed by atoms with van der Waals surface area (Å²) in [6, 6.07) is 0. The number of nitrogens with zero attached hydrogens (tertiary/aromatic N) is 2. The number of carbonyl (C=O) groups excluding carboxylic acids is 1. The lowest BCUT2D eigenvalue weighted by Gasteiger charge is -2.62. The van der Waals surface area contributed by atoms with E-state index in [1.54, 1.807) is 0 Å². The topological polar surface area (TPSA) is 53.0 Å². The molecule has 8 atom stereocenters. The molecule has 4 saturated carbocycles. The van der Waals surface area contributed by atoms with Crippen LogP contribution in [0, 0.1) is 40.4 Å². The third-order valence-corrected chi connectivity index (χ3v) is 11.4. The van der Waals surface area contributed by atoms with Crippen LogP contribution in [0.3, 0.4) is 0 Å². The average Bonchev–Trinajstić information content (AvgIpc) is 3.13. The molecule has 0 bridgehead atoms. The molecule has 5 nitrogen and oxygen atoms in total. The summed E-state index contributed by atoms with van der Waals surface area (Å²) in [4.78, 5) is 18.3. The SMILES string of the molecule is COC[C@]12CC[C@@](C)(O)C[C@@H]1CC[C@H]1[C@@H]3CC[C@H](C(=O)CN4CCN(C)CC4)[C@@]3(C)CC[C@@H]12. The number of piperazine rings is 1. The van der Waals surface area contributed by atoms with E-state index in [0.29, 0.717) is 30.1 Å². The molecule has 4 aliphatic carbocycles. The summed E-state index contributed by atoms with van der Waals surface area (Å²) in [7, 11) is 4.05. The molecule has 5 aliphatic rings. The maximum atomic E-state index is 13.6. The van der Waals surface area contributed by atoms with Crippen LogP contribution in [0.25, 0.3) is 0 Å². The normalized spacial score (nSPS) is 48.7. The third-order valence-electron chi connectivity index (χ3n) is 11.4. The standard InChI is InChI=1S/C28H48N2O3/c1-26(32)11-12-28(19-33-4)20(17-26)5-6-21-22-7-8-24(27(22,2)10-9-23(21)28)25(31)18-30-15-13-29(3)14-16-30/h20-24,32H,5-19H2,1-4H3/t20-,21-,22-,23-,24+,26+,27-,28+/m0/s1. The Hall–Kier alpha value is -0.490. The lowest BCUT2D eigenvalue weighted by Crippen LogP contribution is -2.58. The Labute approximate surface area is 201 Å². The van der Waals surface area contributed by atoms with Gasteiger partial charge in [-0.05, 0) is 106 Å². The highest BCUT2D eigenvalue weighted by Gasteiger charge is 2.63. The summed E-state index contributed by atoms with van der Waals surface area (Å²) in [5.41, 5.74) is -0.0820. The smallest absolute Gasteiger partial charge is 0.150 e. The molecule has 0 amide bonds. The first kappa shape index (κ1) is 24.2. The van der Waals surface area contributed by atoms with Gasteiger partial charge in [0.05, 0.1) is 18.8 Å². The predicted octanol–water partition coefficient (Wildman–Crippen LogP) is 3.84. The molecule has 188 valence electrons. The number of carbonyl (C=O) groups is 1. The van der Waals surface area contributed by atoms with E-state index in [0.717, 1.165) is 64.4 Å². The van der Waals surface area contributed by atoms with Gasteiger partial charge >= 0.3 is 0 Å². The van der Waals surface area contributed by atoms with Crippen molar-refractivity contribution in [3.63, 3.8) is 0 Å². The number of aliphatic hydroxyl groups is 1. The van der Waals surface area contributed by atoms with Crippen molar-refractivity contribution in [3.05, 3.63) is 0 Å². The molecule has 0 aromatic heterocycles. The van der Waals surface area contributed by atoms with Crippen molar-refractivity contribution in [2.75, 3.05) is 53.5 Å². The number of rotatable bonds is 5. The molecule has 1 aliphatic heterocycles. The van der Waals surface area contributed by atoms with Gasteiger partial charge in [-0.25, -0.2) is 0 Å². The average molecular weight is 461 g/mol. The number of ether oxygens (including phenoxy) is 1. The van der Waals surface area contributed by atoms with Gasteiger partial charge in [0.15, 0.2) is 0 Å². The van der Waals surface area contributed by atoms with Crippen LogP contribution < -0.4 is 0 Å². The molecule has 1 heterocycles. The zero-order valence-corrected chi connectivity index (χ0v) is 21.7. The van der Waals surface area contributed by atoms with Crippen LogP contribution >= 0.6 is 0 Å². The Morgan fingerprint density at radius 1 is 0.970 bits per heavy atom. The van der Waals surface area contributed by atoms with Crippen LogP contribution in [0.15, 0.2) is 0 Å². The van der Waals surface area contributed by atoms with Crippen molar-refractivity contribution in [2.45, 2.75) is 77.2 Å². The third kappa shape index (κ3) is 4.13. The van der Waals surface area contributed by atoms with Gasteiger partial charge in [-0.15, -0.1) is 0 Å². The van der Waals surface area contributed by atoms with Crippen molar-refractivity contribution in [2.24, 2.45) is 40.4 Å². The van der Waals surface area contributed by atoms with Crippen molar-refractivity contribution in [3.8, 4) is 0 Å². The molecule has 0 aromatic carbocycles.